The summed E-state index contributed by atoms with van der Waals surface area (Å²) in [4.78, 5) is 24.4. The molecule has 0 spiro atoms. The van der Waals surface area contributed by atoms with E-state index in [1.165, 1.54) is 0 Å². The van der Waals surface area contributed by atoms with Crippen molar-refractivity contribution in [2.75, 3.05) is 19.7 Å². The monoisotopic (exact) mass is 257 g/mol. The predicted molar refractivity (Wildman–Crippen MR) is 67.3 cm³/mol. The van der Waals surface area contributed by atoms with Crippen molar-refractivity contribution >= 4 is 11.9 Å². The number of hydrogen-bond donors (Lipinski definition) is 1. The number of carboxylic acids is 1. The van der Waals surface area contributed by atoms with Crippen LogP contribution in [0.4, 0.5) is 0 Å². The van der Waals surface area contributed by atoms with Gasteiger partial charge in [0.2, 0.25) is 5.91 Å². The van der Waals surface area contributed by atoms with E-state index in [4.69, 9.17) is 9.84 Å². The highest BCUT2D eigenvalue weighted by Gasteiger charge is 2.26. The molecule has 1 N–H and O–H groups in total. The maximum Gasteiger partial charge on any atom is 0.329 e. The van der Waals surface area contributed by atoms with E-state index >= 15 is 0 Å². The first-order chi connectivity index (χ1) is 8.58. The Morgan fingerprint density at radius 3 is 2.28 bits per heavy atom. The molecule has 18 heavy (non-hydrogen) atoms. The third-order valence-corrected chi connectivity index (χ3v) is 3.53. The molecule has 0 atom stereocenters. The van der Waals surface area contributed by atoms with Crippen LogP contribution in [0.5, 0.6) is 0 Å². The lowest BCUT2D eigenvalue weighted by Gasteiger charge is -2.33. The molecule has 0 aromatic carbocycles. The predicted octanol–water partition coefficient (Wildman–Crippen LogP) is 1.51. The second kappa shape index (κ2) is 7.36. The molecule has 5 heteroatoms. The lowest BCUT2D eigenvalue weighted by atomic mass is 9.99. The molecule has 0 bridgehead atoms. The topological polar surface area (TPSA) is 66.8 Å². The Bertz CT molecular complexity index is 281. The van der Waals surface area contributed by atoms with E-state index in [9.17, 15) is 9.59 Å². The average molecular weight is 257 g/mol. The molecule has 0 unspecified atom stereocenters. The van der Waals surface area contributed by atoms with Crippen LogP contribution >= 0.6 is 0 Å². The zero-order valence-corrected chi connectivity index (χ0v) is 11.2. The second-order valence-electron chi connectivity index (χ2n) is 4.74. The Kier molecular flexibility index (Phi) is 6.12. The number of aliphatic carboxylic acids is 1. The number of nitrogens with zero attached hydrogens (tertiary/aromatic N) is 1. The van der Waals surface area contributed by atoms with Crippen LogP contribution in [0, 0.1) is 5.92 Å². The quantitative estimate of drug-likeness (QED) is 0.783. The Morgan fingerprint density at radius 1 is 1.28 bits per heavy atom. The molecular weight excluding hydrogens is 234 g/mol. The standard InChI is InChI=1S/C13H23NO4/c1-3-10(4-2)13(17)14-7-5-11(6-8-14)18-9-12(15)16/h10-11H,3-9H2,1-2H3,(H,15,16). The fourth-order valence-electron chi connectivity index (χ4n) is 2.33. The smallest absolute Gasteiger partial charge is 0.329 e. The summed E-state index contributed by atoms with van der Waals surface area (Å²) < 4.78 is 5.25. The van der Waals surface area contributed by atoms with E-state index in [2.05, 4.69) is 0 Å². The Morgan fingerprint density at radius 2 is 1.83 bits per heavy atom. The molecule has 1 rings (SSSR count). The highest BCUT2D eigenvalue weighted by atomic mass is 16.5. The second-order valence-corrected chi connectivity index (χ2v) is 4.74. The van der Waals surface area contributed by atoms with Crippen LogP contribution in [0.25, 0.3) is 0 Å². The summed E-state index contributed by atoms with van der Waals surface area (Å²) in [6.07, 6.45) is 3.21. The number of rotatable bonds is 6. The summed E-state index contributed by atoms with van der Waals surface area (Å²) in [6.45, 7) is 5.19. The molecule has 104 valence electrons. The molecule has 1 aliphatic heterocycles. The Labute approximate surface area is 108 Å². The first-order valence-corrected chi connectivity index (χ1v) is 6.70. The van der Waals surface area contributed by atoms with E-state index in [0.29, 0.717) is 13.1 Å². The molecule has 1 fully saturated rings. The molecule has 0 aliphatic carbocycles. The summed E-state index contributed by atoms with van der Waals surface area (Å²) >= 11 is 0. The number of piperidine rings is 1. The lowest BCUT2D eigenvalue weighted by Crippen LogP contribution is -2.43. The van der Waals surface area contributed by atoms with Crippen molar-refractivity contribution in [3.05, 3.63) is 0 Å². The molecule has 0 radical (unpaired) electrons. The third-order valence-electron chi connectivity index (χ3n) is 3.53. The van der Waals surface area contributed by atoms with Crippen LogP contribution in [-0.2, 0) is 14.3 Å². The van der Waals surface area contributed by atoms with Crippen LogP contribution in [0.3, 0.4) is 0 Å². The van der Waals surface area contributed by atoms with Crippen molar-refractivity contribution in [1.29, 1.82) is 0 Å². The molecule has 1 heterocycles. The van der Waals surface area contributed by atoms with Gasteiger partial charge in [0.25, 0.3) is 0 Å². The van der Waals surface area contributed by atoms with Crippen molar-refractivity contribution in [2.24, 2.45) is 5.92 Å². The molecule has 1 amide bonds. The fourth-order valence-corrected chi connectivity index (χ4v) is 2.33. The number of carbonyl (C=O) groups excluding carboxylic acids is 1. The van der Waals surface area contributed by atoms with E-state index in [-0.39, 0.29) is 24.5 Å². The van der Waals surface area contributed by atoms with Gasteiger partial charge in [0, 0.05) is 19.0 Å². The first kappa shape index (κ1) is 15.0. The van der Waals surface area contributed by atoms with Gasteiger partial charge in [0.15, 0.2) is 0 Å². The molecule has 0 aromatic heterocycles. The van der Waals surface area contributed by atoms with Crippen molar-refractivity contribution < 1.29 is 19.4 Å². The maximum absolute atomic E-state index is 12.1. The molecule has 1 aliphatic rings. The summed E-state index contributed by atoms with van der Waals surface area (Å²) in [5, 5.41) is 8.53. The molecular formula is C13H23NO4. The van der Waals surface area contributed by atoms with Gasteiger partial charge in [-0.05, 0) is 25.7 Å². The van der Waals surface area contributed by atoms with Gasteiger partial charge in [0.05, 0.1) is 6.10 Å². The summed E-state index contributed by atoms with van der Waals surface area (Å²) in [5.74, 6) is -0.580. The van der Waals surface area contributed by atoms with Crippen molar-refractivity contribution in [3.63, 3.8) is 0 Å². The number of carboxylic acid groups (broad SMARTS) is 1. The van der Waals surface area contributed by atoms with Gasteiger partial charge in [-0.25, -0.2) is 4.79 Å². The normalized spacial score (nSPS) is 17.2. The average Bonchev–Trinajstić information content (AvgIpc) is 2.38. The van der Waals surface area contributed by atoms with Gasteiger partial charge in [-0.2, -0.15) is 0 Å². The first-order valence-electron chi connectivity index (χ1n) is 6.70. The highest BCUT2D eigenvalue weighted by Crippen LogP contribution is 2.18. The van der Waals surface area contributed by atoms with Crippen molar-refractivity contribution in [2.45, 2.75) is 45.6 Å². The number of ether oxygens (including phenoxy) is 1. The largest absolute Gasteiger partial charge is 0.480 e. The third kappa shape index (κ3) is 4.29. The van der Waals surface area contributed by atoms with Crippen molar-refractivity contribution in [1.82, 2.24) is 4.90 Å². The molecule has 1 saturated heterocycles. The zero-order valence-electron chi connectivity index (χ0n) is 11.2. The minimum Gasteiger partial charge on any atom is -0.480 e. The van der Waals surface area contributed by atoms with E-state index in [1.807, 2.05) is 18.7 Å². The van der Waals surface area contributed by atoms with Gasteiger partial charge in [0.1, 0.15) is 6.61 Å². The number of likely N-dealkylation sites (tertiary alicyclic amines) is 1. The van der Waals surface area contributed by atoms with E-state index < -0.39 is 5.97 Å². The fraction of sp³-hybridized carbons (Fsp3) is 0.846. The van der Waals surface area contributed by atoms with Gasteiger partial charge in [-0.1, -0.05) is 13.8 Å². The summed E-state index contributed by atoms with van der Waals surface area (Å²) in [6, 6.07) is 0. The van der Waals surface area contributed by atoms with Crippen molar-refractivity contribution in [3.8, 4) is 0 Å². The van der Waals surface area contributed by atoms with Crippen LogP contribution < -0.4 is 0 Å². The number of hydrogen-bond acceptors (Lipinski definition) is 3. The van der Waals surface area contributed by atoms with E-state index in [1.54, 1.807) is 0 Å². The minimum absolute atomic E-state index is 0.0214. The lowest BCUT2D eigenvalue weighted by molar-refractivity contribution is -0.147. The Hall–Kier alpha value is -1.10. The number of carbonyl (C=O) groups is 2. The van der Waals surface area contributed by atoms with Gasteiger partial charge < -0.3 is 14.7 Å². The summed E-state index contributed by atoms with van der Waals surface area (Å²) in [5.41, 5.74) is 0. The van der Waals surface area contributed by atoms with Crippen LogP contribution in [-0.4, -0.2) is 47.7 Å². The molecule has 0 saturated carbocycles. The van der Waals surface area contributed by atoms with Gasteiger partial charge in [-0.3, -0.25) is 4.79 Å². The Balaban J connectivity index is 2.34. The zero-order chi connectivity index (χ0) is 13.5. The summed E-state index contributed by atoms with van der Waals surface area (Å²) in [7, 11) is 0. The molecule has 0 aromatic rings. The van der Waals surface area contributed by atoms with Crippen LogP contribution in [0.15, 0.2) is 0 Å². The molecule has 5 nitrogen and oxygen atoms in total. The van der Waals surface area contributed by atoms with Gasteiger partial charge in [-0.15, -0.1) is 0 Å². The highest BCUT2D eigenvalue weighted by molar-refractivity contribution is 5.78. The number of amides is 1. The SMILES string of the molecule is CCC(CC)C(=O)N1CCC(OCC(=O)O)CC1. The maximum atomic E-state index is 12.1. The minimum atomic E-state index is -0.939. The van der Waals surface area contributed by atoms with E-state index in [0.717, 1.165) is 25.7 Å². The van der Waals surface area contributed by atoms with Gasteiger partial charge >= 0.3 is 5.97 Å². The van der Waals surface area contributed by atoms with Crippen LogP contribution in [0.2, 0.25) is 0 Å². The van der Waals surface area contributed by atoms with Crippen LogP contribution in [0.1, 0.15) is 39.5 Å².